The van der Waals surface area contributed by atoms with E-state index >= 15 is 0 Å². The molecule has 1 aliphatic rings. The van der Waals surface area contributed by atoms with Crippen LogP contribution in [0.3, 0.4) is 0 Å². The number of carbonyl (C=O) groups excluding carboxylic acids is 3. The molecular formula is C18H18N4O4. The normalized spacial score (nSPS) is 16.3. The number of methoxy groups -OCH3 is 1. The maximum absolute atomic E-state index is 12.5. The van der Waals surface area contributed by atoms with Crippen LogP contribution in [0.5, 0.6) is 5.75 Å². The Kier molecular flexibility index (Phi) is 5.12. The minimum Gasteiger partial charge on any atom is -0.497 e. The second-order valence-corrected chi connectivity index (χ2v) is 5.74. The number of pyridine rings is 1. The summed E-state index contributed by atoms with van der Waals surface area (Å²) >= 11 is 0. The number of rotatable bonds is 6. The lowest BCUT2D eigenvalue weighted by Crippen LogP contribution is -2.34. The molecule has 2 N–H and O–H groups in total. The second-order valence-electron chi connectivity index (χ2n) is 5.74. The average Bonchev–Trinajstić information content (AvgIpc) is 2.90. The molecule has 8 heteroatoms. The van der Waals surface area contributed by atoms with Gasteiger partial charge in [0.15, 0.2) is 0 Å². The van der Waals surface area contributed by atoms with Gasteiger partial charge in [0.2, 0.25) is 5.91 Å². The summed E-state index contributed by atoms with van der Waals surface area (Å²) in [6.45, 7) is 0.132. The molecule has 1 saturated heterocycles. The first-order chi connectivity index (χ1) is 12.6. The van der Waals surface area contributed by atoms with Crippen LogP contribution in [0.25, 0.3) is 0 Å². The first-order valence-corrected chi connectivity index (χ1v) is 8.02. The van der Waals surface area contributed by atoms with Gasteiger partial charge < -0.3 is 15.4 Å². The zero-order chi connectivity index (χ0) is 18.5. The molecule has 0 saturated carbocycles. The van der Waals surface area contributed by atoms with Crippen molar-refractivity contribution in [2.75, 3.05) is 12.4 Å². The summed E-state index contributed by atoms with van der Waals surface area (Å²) in [5, 5.41) is 5.14. The molecule has 0 radical (unpaired) electrons. The van der Waals surface area contributed by atoms with E-state index in [9.17, 15) is 14.4 Å². The van der Waals surface area contributed by atoms with Gasteiger partial charge in [0.05, 0.1) is 20.1 Å². The Morgan fingerprint density at radius 1 is 1.23 bits per heavy atom. The third-order valence-electron chi connectivity index (χ3n) is 3.93. The number of benzene rings is 1. The largest absolute Gasteiger partial charge is 0.497 e. The van der Waals surface area contributed by atoms with Crippen LogP contribution in [-0.2, 0) is 16.1 Å². The first-order valence-electron chi connectivity index (χ1n) is 8.02. The third kappa shape index (κ3) is 3.97. The van der Waals surface area contributed by atoms with Crippen LogP contribution in [0.2, 0.25) is 0 Å². The van der Waals surface area contributed by atoms with Crippen LogP contribution in [0, 0.1) is 0 Å². The number of nitrogens with one attached hydrogen (secondary N) is 2. The summed E-state index contributed by atoms with van der Waals surface area (Å²) in [4.78, 5) is 41.7. The number of hydrogen-bond acceptors (Lipinski definition) is 5. The highest BCUT2D eigenvalue weighted by molar-refractivity contribution is 6.06. The molecule has 1 aliphatic heterocycles. The van der Waals surface area contributed by atoms with Crippen molar-refractivity contribution in [3.05, 3.63) is 54.2 Å². The highest BCUT2D eigenvalue weighted by atomic mass is 16.5. The van der Waals surface area contributed by atoms with E-state index < -0.39 is 23.9 Å². The number of carbonyl (C=O) groups is 3. The van der Waals surface area contributed by atoms with Crippen molar-refractivity contribution in [3.63, 3.8) is 0 Å². The number of anilines is 1. The van der Waals surface area contributed by atoms with E-state index in [1.165, 1.54) is 0 Å². The second kappa shape index (κ2) is 7.64. The molecule has 4 amide bonds. The van der Waals surface area contributed by atoms with E-state index in [1.54, 1.807) is 55.8 Å². The van der Waals surface area contributed by atoms with Gasteiger partial charge in [-0.3, -0.25) is 14.5 Å². The third-order valence-corrected chi connectivity index (χ3v) is 3.93. The Hall–Kier alpha value is -3.42. The van der Waals surface area contributed by atoms with Crippen molar-refractivity contribution in [2.45, 2.75) is 19.0 Å². The van der Waals surface area contributed by atoms with Crippen LogP contribution < -0.4 is 15.4 Å². The SMILES string of the molecule is COc1ccc(CN2C(=O)N[C@H](CC(=O)Nc3ccccn3)C2=O)cc1. The number of imide groups is 1. The minimum atomic E-state index is -0.885. The zero-order valence-corrected chi connectivity index (χ0v) is 14.1. The molecule has 0 unspecified atom stereocenters. The number of urea groups is 1. The number of hydrogen-bond donors (Lipinski definition) is 2. The van der Waals surface area contributed by atoms with Crippen molar-refractivity contribution < 1.29 is 19.1 Å². The van der Waals surface area contributed by atoms with Crippen molar-refractivity contribution >= 4 is 23.7 Å². The number of ether oxygens (including phenoxy) is 1. The maximum atomic E-state index is 12.5. The summed E-state index contributed by atoms with van der Waals surface area (Å²) in [6.07, 6.45) is 1.40. The molecule has 0 bridgehead atoms. The van der Waals surface area contributed by atoms with Crippen LogP contribution in [0.15, 0.2) is 48.7 Å². The summed E-state index contributed by atoms with van der Waals surface area (Å²) < 4.78 is 5.08. The summed E-state index contributed by atoms with van der Waals surface area (Å²) in [5.74, 6) is 0.259. The van der Waals surface area contributed by atoms with Gasteiger partial charge in [-0.15, -0.1) is 0 Å². The Balaban J connectivity index is 1.60. The van der Waals surface area contributed by atoms with Crippen molar-refractivity contribution in [1.82, 2.24) is 15.2 Å². The lowest BCUT2D eigenvalue weighted by atomic mass is 10.1. The van der Waals surface area contributed by atoms with Gasteiger partial charge in [0, 0.05) is 6.20 Å². The molecule has 0 spiro atoms. The molecule has 1 fully saturated rings. The summed E-state index contributed by atoms with van der Waals surface area (Å²) in [6, 6.07) is 10.8. The fourth-order valence-corrected chi connectivity index (χ4v) is 2.59. The van der Waals surface area contributed by atoms with E-state index in [-0.39, 0.29) is 13.0 Å². The highest BCUT2D eigenvalue weighted by Gasteiger charge is 2.38. The van der Waals surface area contributed by atoms with Gasteiger partial charge in [0.1, 0.15) is 17.6 Å². The van der Waals surface area contributed by atoms with Gasteiger partial charge in [-0.1, -0.05) is 18.2 Å². The van der Waals surface area contributed by atoms with Gasteiger partial charge in [-0.25, -0.2) is 9.78 Å². The first kappa shape index (κ1) is 17.4. The zero-order valence-electron chi connectivity index (χ0n) is 14.1. The van der Waals surface area contributed by atoms with E-state index in [0.717, 1.165) is 10.5 Å². The molecule has 8 nitrogen and oxygen atoms in total. The van der Waals surface area contributed by atoms with Crippen LogP contribution in [0.4, 0.5) is 10.6 Å². The Morgan fingerprint density at radius 2 is 2.00 bits per heavy atom. The molecule has 26 heavy (non-hydrogen) atoms. The van der Waals surface area contributed by atoms with Gasteiger partial charge >= 0.3 is 6.03 Å². The number of aromatic nitrogens is 1. The standard InChI is InChI=1S/C18H18N4O4/c1-26-13-7-5-12(6-8-13)11-22-17(24)14(20-18(22)25)10-16(23)21-15-4-2-3-9-19-15/h2-9,14H,10-11H2,1H3,(H,20,25)(H,19,21,23)/t14-/m1/s1. The van der Waals surface area contributed by atoms with Gasteiger partial charge in [-0.05, 0) is 29.8 Å². The molecule has 3 rings (SSSR count). The Labute approximate surface area is 150 Å². The van der Waals surface area contributed by atoms with Crippen LogP contribution >= 0.6 is 0 Å². The minimum absolute atomic E-state index is 0.132. The Morgan fingerprint density at radius 3 is 2.65 bits per heavy atom. The summed E-state index contributed by atoms with van der Waals surface area (Å²) in [5.41, 5.74) is 0.785. The van der Waals surface area contributed by atoms with E-state index in [4.69, 9.17) is 4.74 Å². The van der Waals surface area contributed by atoms with Gasteiger partial charge in [-0.2, -0.15) is 0 Å². The monoisotopic (exact) mass is 354 g/mol. The Bertz CT molecular complexity index is 808. The fraction of sp³-hybridized carbons (Fsp3) is 0.222. The molecule has 1 atom stereocenters. The summed E-state index contributed by atoms with van der Waals surface area (Å²) in [7, 11) is 1.56. The number of nitrogens with zero attached hydrogens (tertiary/aromatic N) is 2. The quantitative estimate of drug-likeness (QED) is 0.767. The molecule has 1 aromatic heterocycles. The molecular weight excluding hydrogens is 336 g/mol. The van der Waals surface area contributed by atoms with Crippen molar-refractivity contribution in [1.29, 1.82) is 0 Å². The predicted octanol–water partition coefficient (Wildman–Crippen LogP) is 1.54. The molecule has 134 valence electrons. The topological polar surface area (TPSA) is 101 Å². The average molecular weight is 354 g/mol. The number of amides is 4. The maximum Gasteiger partial charge on any atom is 0.325 e. The molecule has 2 aromatic rings. The van der Waals surface area contributed by atoms with E-state index in [2.05, 4.69) is 15.6 Å². The van der Waals surface area contributed by atoms with Gasteiger partial charge in [0.25, 0.3) is 5.91 Å². The van der Waals surface area contributed by atoms with Crippen molar-refractivity contribution in [2.24, 2.45) is 0 Å². The van der Waals surface area contributed by atoms with E-state index in [1.807, 2.05) is 0 Å². The smallest absolute Gasteiger partial charge is 0.325 e. The lowest BCUT2D eigenvalue weighted by molar-refractivity contribution is -0.130. The van der Waals surface area contributed by atoms with Crippen LogP contribution in [0.1, 0.15) is 12.0 Å². The van der Waals surface area contributed by atoms with Crippen LogP contribution in [-0.4, -0.2) is 40.9 Å². The molecule has 2 heterocycles. The molecule has 1 aromatic carbocycles. The molecule has 0 aliphatic carbocycles. The fourth-order valence-electron chi connectivity index (χ4n) is 2.59. The highest BCUT2D eigenvalue weighted by Crippen LogP contribution is 2.17. The predicted molar refractivity (Wildman–Crippen MR) is 93.3 cm³/mol. The lowest BCUT2D eigenvalue weighted by Gasteiger charge is -2.13. The van der Waals surface area contributed by atoms with E-state index in [0.29, 0.717) is 11.6 Å². The van der Waals surface area contributed by atoms with Crippen molar-refractivity contribution in [3.8, 4) is 5.75 Å².